The molecule has 2 amide bonds. The summed E-state index contributed by atoms with van der Waals surface area (Å²) in [5.41, 5.74) is 3.17. The van der Waals surface area contributed by atoms with Crippen molar-refractivity contribution >= 4 is 17.8 Å². The molecule has 0 unspecified atom stereocenters. The van der Waals surface area contributed by atoms with E-state index in [0.29, 0.717) is 18.5 Å². The Hall–Kier alpha value is -3.44. The van der Waals surface area contributed by atoms with Crippen molar-refractivity contribution < 1.29 is 32.7 Å². The van der Waals surface area contributed by atoms with Gasteiger partial charge in [0.25, 0.3) is 5.91 Å². The van der Waals surface area contributed by atoms with Gasteiger partial charge in [0, 0.05) is 70.4 Å². The molecule has 2 aliphatic heterocycles. The van der Waals surface area contributed by atoms with Crippen LogP contribution in [-0.2, 0) is 16.1 Å². The number of amides is 2. The van der Waals surface area contributed by atoms with E-state index in [2.05, 4.69) is 34.5 Å². The molecular formula is C29H37F3N4O4. The van der Waals surface area contributed by atoms with Gasteiger partial charge in [-0.3, -0.25) is 14.5 Å². The number of likely N-dealkylation sites (tertiary alicyclic amines) is 1. The van der Waals surface area contributed by atoms with Gasteiger partial charge < -0.3 is 20.2 Å². The van der Waals surface area contributed by atoms with Crippen molar-refractivity contribution in [2.45, 2.75) is 44.9 Å². The fourth-order valence-electron chi connectivity index (χ4n) is 4.83. The van der Waals surface area contributed by atoms with Crippen LogP contribution in [0.5, 0.6) is 0 Å². The number of halogens is 3. The Bertz CT molecular complexity index is 1100. The van der Waals surface area contributed by atoms with Crippen LogP contribution in [0, 0.1) is 6.92 Å². The second-order valence-electron chi connectivity index (χ2n) is 10.0. The first-order valence-electron chi connectivity index (χ1n) is 13.5. The van der Waals surface area contributed by atoms with Crippen molar-refractivity contribution in [1.82, 2.24) is 20.0 Å². The van der Waals surface area contributed by atoms with E-state index >= 15 is 0 Å². The first-order valence-corrected chi connectivity index (χ1v) is 13.5. The highest BCUT2D eigenvalue weighted by atomic mass is 19.4. The number of carbonyl (C=O) groups excluding carboxylic acids is 2. The van der Waals surface area contributed by atoms with Crippen LogP contribution in [0.15, 0.2) is 54.6 Å². The van der Waals surface area contributed by atoms with Gasteiger partial charge >= 0.3 is 12.1 Å². The second-order valence-corrected chi connectivity index (χ2v) is 10.0. The molecule has 218 valence electrons. The Kier molecular flexibility index (Phi) is 11.5. The summed E-state index contributed by atoms with van der Waals surface area (Å²) in [6.45, 7) is 8.58. The van der Waals surface area contributed by atoms with Crippen LogP contribution in [0.3, 0.4) is 0 Å². The number of carboxylic acids is 1. The minimum atomic E-state index is -5.08. The number of piperazine rings is 1. The summed E-state index contributed by atoms with van der Waals surface area (Å²) in [4.78, 5) is 41.6. The standard InChI is InChI=1S/C27H36N4O2.C2HF3O2/c1-22-7-9-24(10-8-22)27(33)31(18-13-26(32)30-19-14-28-15-20-30)25-11-16-29(17-12-25)21-23-5-3-2-4-6-23;3-2(4,5)1(6)7/h2-10,25,28H,11-21H2,1H3;(H,6,7). The summed E-state index contributed by atoms with van der Waals surface area (Å²) < 4.78 is 31.7. The number of carboxylic acid groups (broad SMARTS) is 1. The van der Waals surface area contributed by atoms with Crippen molar-refractivity contribution in [1.29, 1.82) is 0 Å². The number of aliphatic carboxylic acids is 1. The summed E-state index contributed by atoms with van der Waals surface area (Å²) in [6.07, 6.45) is -2.82. The van der Waals surface area contributed by atoms with Gasteiger partial charge in [-0.15, -0.1) is 0 Å². The fourth-order valence-corrected chi connectivity index (χ4v) is 4.83. The van der Waals surface area contributed by atoms with Crippen LogP contribution >= 0.6 is 0 Å². The fraction of sp³-hybridized carbons (Fsp3) is 0.483. The number of hydrogen-bond donors (Lipinski definition) is 2. The summed E-state index contributed by atoms with van der Waals surface area (Å²) in [7, 11) is 0. The third-order valence-corrected chi connectivity index (χ3v) is 7.09. The molecule has 2 N–H and O–H groups in total. The Labute approximate surface area is 232 Å². The monoisotopic (exact) mass is 562 g/mol. The molecule has 2 aromatic carbocycles. The molecule has 0 bridgehead atoms. The second kappa shape index (κ2) is 14.8. The molecule has 2 aromatic rings. The third-order valence-electron chi connectivity index (χ3n) is 7.09. The zero-order chi connectivity index (χ0) is 29.1. The van der Waals surface area contributed by atoms with Crippen LogP contribution in [-0.4, -0.2) is 95.6 Å². The van der Waals surface area contributed by atoms with Crippen molar-refractivity contribution in [3.05, 3.63) is 71.3 Å². The highest BCUT2D eigenvalue weighted by Crippen LogP contribution is 2.22. The summed E-state index contributed by atoms with van der Waals surface area (Å²) in [5.74, 6) is -2.56. The lowest BCUT2D eigenvalue weighted by molar-refractivity contribution is -0.192. The van der Waals surface area contributed by atoms with Crippen molar-refractivity contribution in [3.8, 4) is 0 Å². The van der Waals surface area contributed by atoms with E-state index in [1.807, 2.05) is 47.1 Å². The van der Waals surface area contributed by atoms with Gasteiger partial charge in [0.2, 0.25) is 5.91 Å². The Balaban J connectivity index is 0.000000559. The van der Waals surface area contributed by atoms with Crippen molar-refractivity contribution in [2.24, 2.45) is 0 Å². The Morgan fingerprint density at radius 2 is 1.52 bits per heavy atom. The van der Waals surface area contributed by atoms with E-state index in [0.717, 1.165) is 64.2 Å². The predicted octanol–water partition coefficient (Wildman–Crippen LogP) is 3.56. The molecule has 2 heterocycles. The van der Waals surface area contributed by atoms with Crippen molar-refractivity contribution in [3.63, 3.8) is 0 Å². The molecule has 40 heavy (non-hydrogen) atoms. The van der Waals surface area contributed by atoms with Gasteiger partial charge in [0.1, 0.15) is 0 Å². The van der Waals surface area contributed by atoms with Gasteiger partial charge in [-0.2, -0.15) is 13.2 Å². The Morgan fingerprint density at radius 3 is 2.08 bits per heavy atom. The summed E-state index contributed by atoms with van der Waals surface area (Å²) >= 11 is 0. The minimum Gasteiger partial charge on any atom is -0.475 e. The molecule has 0 radical (unpaired) electrons. The SMILES string of the molecule is Cc1ccc(C(=O)N(CCC(=O)N2CCNCC2)C2CCN(Cc3ccccc3)CC2)cc1.O=C(O)C(F)(F)F. The highest BCUT2D eigenvalue weighted by molar-refractivity contribution is 5.94. The van der Waals surface area contributed by atoms with Crippen LogP contribution in [0.4, 0.5) is 13.2 Å². The van der Waals surface area contributed by atoms with Crippen LogP contribution in [0.25, 0.3) is 0 Å². The van der Waals surface area contributed by atoms with Gasteiger partial charge in [-0.1, -0.05) is 48.0 Å². The van der Waals surface area contributed by atoms with E-state index in [4.69, 9.17) is 9.90 Å². The highest BCUT2D eigenvalue weighted by Gasteiger charge is 2.38. The first-order chi connectivity index (χ1) is 19.0. The van der Waals surface area contributed by atoms with E-state index in [-0.39, 0.29) is 17.9 Å². The largest absolute Gasteiger partial charge is 0.490 e. The molecule has 2 fully saturated rings. The van der Waals surface area contributed by atoms with Gasteiger partial charge in [-0.05, 0) is 37.5 Å². The number of nitrogens with zero attached hydrogens (tertiary/aromatic N) is 3. The molecular weight excluding hydrogens is 525 g/mol. The van der Waals surface area contributed by atoms with Gasteiger partial charge in [0.05, 0.1) is 0 Å². The summed E-state index contributed by atoms with van der Waals surface area (Å²) in [5, 5.41) is 10.4. The van der Waals surface area contributed by atoms with E-state index < -0.39 is 12.1 Å². The molecule has 0 atom stereocenters. The zero-order valence-corrected chi connectivity index (χ0v) is 22.7. The number of alkyl halides is 3. The summed E-state index contributed by atoms with van der Waals surface area (Å²) in [6, 6.07) is 18.5. The number of piperidine rings is 1. The maximum Gasteiger partial charge on any atom is 0.490 e. The van der Waals surface area contributed by atoms with Gasteiger partial charge in [0.15, 0.2) is 0 Å². The zero-order valence-electron chi connectivity index (χ0n) is 22.7. The minimum absolute atomic E-state index is 0.0459. The van der Waals surface area contributed by atoms with E-state index in [1.165, 1.54) is 5.56 Å². The number of hydrogen-bond acceptors (Lipinski definition) is 5. The molecule has 4 rings (SSSR count). The quantitative estimate of drug-likeness (QED) is 0.536. The maximum atomic E-state index is 13.5. The van der Waals surface area contributed by atoms with Crippen molar-refractivity contribution in [2.75, 3.05) is 45.8 Å². The van der Waals surface area contributed by atoms with Crippen LogP contribution in [0.1, 0.15) is 40.7 Å². The molecule has 8 nitrogen and oxygen atoms in total. The maximum absolute atomic E-state index is 13.5. The molecule has 11 heteroatoms. The van der Waals surface area contributed by atoms with E-state index in [9.17, 15) is 22.8 Å². The van der Waals surface area contributed by atoms with Crippen LogP contribution in [0.2, 0.25) is 0 Å². The molecule has 0 aliphatic carbocycles. The number of carbonyl (C=O) groups is 3. The number of aryl methyl sites for hydroxylation is 1. The van der Waals surface area contributed by atoms with Gasteiger partial charge in [-0.25, -0.2) is 4.79 Å². The Morgan fingerprint density at radius 1 is 0.950 bits per heavy atom. The number of nitrogens with one attached hydrogen (secondary N) is 1. The molecule has 0 aromatic heterocycles. The number of rotatable bonds is 7. The van der Waals surface area contributed by atoms with Crippen LogP contribution < -0.4 is 5.32 Å². The lowest BCUT2D eigenvalue weighted by atomic mass is 10.0. The predicted molar refractivity (Wildman–Crippen MR) is 145 cm³/mol. The lowest BCUT2D eigenvalue weighted by Crippen LogP contribution is -2.50. The average Bonchev–Trinajstić information content (AvgIpc) is 2.95. The molecule has 0 spiro atoms. The molecule has 2 saturated heterocycles. The molecule has 0 saturated carbocycles. The topological polar surface area (TPSA) is 93.2 Å². The smallest absolute Gasteiger partial charge is 0.475 e. The average molecular weight is 563 g/mol. The lowest BCUT2D eigenvalue weighted by Gasteiger charge is -2.39. The first kappa shape index (κ1) is 31.1. The third kappa shape index (κ3) is 9.63. The molecule has 2 aliphatic rings. The van der Waals surface area contributed by atoms with E-state index in [1.54, 1.807) is 0 Å². The normalized spacial score (nSPS) is 16.6. The number of benzene rings is 2.